The summed E-state index contributed by atoms with van der Waals surface area (Å²) in [5.41, 5.74) is 0. The van der Waals surface area contributed by atoms with E-state index in [1.54, 1.807) is 6.08 Å². The molecule has 0 bridgehead atoms. The van der Waals surface area contributed by atoms with Crippen molar-refractivity contribution in [1.82, 2.24) is 0 Å². The van der Waals surface area contributed by atoms with Gasteiger partial charge in [0.2, 0.25) is 0 Å². The first-order valence-corrected chi connectivity index (χ1v) is 8.18. The van der Waals surface area contributed by atoms with E-state index in [4.69, 9.17) is 0 Å². The third-order valence-electron chi connectivity index (χ3n) is 5.30. The highest BCUT2D eigenvalue weighted by molar-refractivity contribution is 4.85. The molecule has 0 saturated heterocycles. The molecule has 0 heterocycles. The number of hydrogen-bond donors (Lipinski definition) is 1. The fourth-order valence-corrected chi connectivity index (χ4v) is 4.03. The second-order valence-electron chi connectivity index (χ2n) is 6.55. The standard InChI is InChI=1S/C17H29FO/c18-13-3-1-2-4-14-5-7-15(8-6-14)16-9-11-17(19)12-10-16/h1,3,14-17,19H,2,4-13H2. The molecule has 0 amide bonds. The fraction of sp³-hybridized carbons (Fsp3) is 0.882. The van der Waals surface area contributed by atoms with Crippen LogP contribution in [0.2, 0.25) is 0 Å². The lowest BCUT2D eigenvalue weighted by Crippen LogP contribution is -2.27. The van der Waals surface area contributed by atoms with Crippen LogP contribution >= 0.6 is 0 Å². The Morgan fingerprint density at radius 1 is 0.842 bits per heavy atom. The van der Waals surface area contributed by atoms with Gasteiger partial charge in [-0.05, 0) is 69.1 Å². The number of allylic oxidation sites excluding steroid dienone is 2. The maximum atomic E-state index is 11.9. The average Bonchev–Trinajstić information content (AvgIpc) is 2.45. The van der Waals surface area contributed by atoms with Gasteiger partial charge in [0.15, 0.2) is 0 Å². The molecule has 0 spiro atoms. The fourth-order valence-electron chi connectivity index (χ4n) is 4.03. The van der Waals surface area contributed by atoms with Gasteiger partial charge in [-0.2, -0.15) is 0 Å². The zero-order chi connectivity index (χ0) is 13.5. The van der Waals surface area contributed by atoms with Gasteiger partial charge in [0.05, 0.1) is 6.10 Å². The summed E-state index contributed by atoms with van der Waals surface area (Å²) in [6.07, 6.45) is 16.0. The van der Waals surface area contributed by atoms with Crippen LogP contribution in [0.25, 0.3) is 0 Å². The maximum absolute atomic E-state index is 11.9. The predicted molar refractivity (Wildman–Crippen MR) is 77.8 cm³/mol. The van der Waals surface area contributed by atoms with Crippen molar-refractivity contribution in [2.75, 3.05) is 6.67 Å². The molecule has 19 heavy (non-hydrogen) atoms. The molecule has 0 aromatic carbocycles. The number of alkyl halides is 1. The molecule has 2 aliphatic rings. The number of hydrogen-bond acceptors (Lipinski definition) is 1. The quantitative estimate of drug-likeness (QED) is 0.720. The Kier molecular flexibility index (Phi) is 6.36. The summed E-state index contributed by atoms with van der Waals surface area (Å²) in [5, 5.41) is 9.58. The van der Waals surface area contributed by atoms with Crippen molar-refractivity contribution >= 4 is 0 Å². The molecule has 1 N–H and O–H groups in total. The van der Waals surface area contributed by atoms with Crippen molar-refractivity contribution < 1.29 is 9.50 Å². The van der Waals surface area contributed by atoms with Gasteiger partial charge in [-0.3, -0.25) is 0 Å². The lowest BCUT2D eigenvalue weighted by atomic mass is 9.70. The molecule has 2 rings (SSSR count). The van der Waals surface area contributed by atoms with Crippen LogP contribution in [-0.4, -0.2) is 17.9 Å². The van der Waals surface area contributed by atoms with E-state index in [1.807, 2.05) is 6.08 Å². The van der Waals surface area contributed by atoms with Crippen LogP contribution in [0.4, 0.5) is 4.39 Å². The van der Waals surface area contributed by atoms with Crippen LogP contribution in [0, 0.1) is 17.8 Å². The molecule has 0 aliphatic heterocycles. The van der Waals surface area contributed by atoms with Crippen molar-refractivity contribution in [3.8, 4) is 0 Å². The lowest BCUT2D eigenvalue weighted by molar-refractivity contribution is 0.0765. The van der Waals surface area contributed by atoms with Gasteiger partial charge in [-0.1, -0.05) is 25.0 Å². The van der Waals surface area contributed by atoms with Crippen LogP contribution in [0.15, 0.2) is 12.2 Å². The molecule has 0 aromatic rings. The smallest absolute Gasteiger partial charge is 0.108 e. The van der Waals surface area contributed by atoms with Gasteiger partial charge in [0, 0.05) is 0 Å². The molecule has 0 unspecified atom stereocenters. The number of halogens is 1. The Hall–Kier alpha value is -0.370. The van der Waals surface area contributed by atoms with Gasteiger partial charge in [-0.25, -0.2) is 4.39 Å². The highest BCUT2D eigenvalue weighted by Crippen LogP contribution is 2.40. The van der Waals surface area contributed by atoms with E-state index < -0.39 is 0 Å². The SMILES string of the molecule is OC1CCC(C2CCC(CCC=CCF)CC2)CC1. The Balaban J connectivity index is 1.63. The van der Waals surface area contributed by atoms with E-state index in [1.165, 1.54) is 44.9 Å². The Labute approximate surface area is 117 Å². The molecule has 2 saturated carbocycles. The summed E-state index contributed by atoms with van der Waals surface area (Å²) in [6.45, 7) is -0.319. The van der Waals surface area contributed by atoms with Gasteiger partial charge in [0.25, 0.3) is 0 Å². The summed E-state index contributed by atoms with van der Waals surface area (Å²) < 4.78 is 11.9. The summed E-state index contributed by atoms with van der Waals surface area (Å²) in [5.74, 6) is 2.68. The minimum atomic E-state index is -0.319. The highest BCUT2D eigenvalue weighted by Gasteiger charge is 2.29. The second kappa shape index (κ2) is 8.04. The molecule has 0 radical (unpaired) electrons. The normalized spacial score (nSPS) is 36.7. The predicted octanol–water partition coefficient (Wildman–Crippen LogP) is 4.65. The van der Waals surface area contributed by atoms with E-state index in [-0.39, 0.29) is 12.8 Å². The third kappa shape index (κ3) is 4.91. The molecular formula is C17H29FO. The molecule has 2 aliphatic carbocycles. The van der Waals surface area contributed by atoms with E-state index >= 15 is 0 Å². The summed E-state index contributed by atoms with van der Waals surface area (Å²) in [7, 11) is 0. The minimum Gasteiger partial charge on any atom is -0.393 e. The van der Waals surface area contributed by atoms with Crippen LogP contribution in [0.5, 0.6) is 0 Å². The van der Waals surface area contributed by atoms with Crippen LogP contribution in [0.1, 0.15) is 64.2 Å². The first kappa shape index (κ1) is 15.0. The Bertz CT molecular complexity index is 260. The topological polar surface area (TPSA) is 20.2 Å². The zero-order valence-electron chi connectivity index (χ0n) is 12.1. The first-order chi connectivity index (χ1) is 9.29. The zero-order valence-corrected chi connectivity index (χ0v) is 12.1. The summed E-state index contributed by atoms with van der Waals surface area (Å²) in [4.78, 5) is 0. The second-order valence-corrected chi connectivity index (χ2v) is 6.55. The number of aliphatic hydroxyl groups excluding tert-OH is 1. The molecule has 1 nitrogen and oxygen atoms in total. The average molecular weight is 268 g/mol. The van der Waals surface area contributed by atoms with Gasteiger partial charge in [0.1, 0.15) is 6.67 Å². The van der Waals surface area contributed by atoms with Crippen molar-refractivity contribution in [2.45, 2.75) is 70.3 Å². The summed E-state index contributed by atoms with van der Waals surface area (Å²) >= 11 is 0. The van der Waals surface area contributed by atoms with E-state index in [9.17, 15) is 9.50 Å². The monoisotopic (exact) mass is 268 g/mol. The van der Waals surface area contributed by atoms with Crippen molar-refractivity contribution in [1.29, 1.82) is 0 Å². The third-order valence-corrected chi connectivity index (χ3v) is 5.30. The lowest BCUT2D eigenvalue weighted by Gasteiger charge is -2.37. The van der Waals surface area contributed by atoms with Crippen molar-refractivity contribution in [3.05, 3.63) is 12.2 Å². The molecule has 0 aromatic heterocycles. The number of rotatable bonds is 5. The van der Waals surface area contributed by atoms with Crippen LogP contribution < -0.4 is 0 Å². The molecule has 0 atom stereocenters. The van der Waals surface area contributed by atoms with E-state index in [2.05, 4.69) is 0 Å². The maximum Gasteiger partial charge on any atom is 0.108 e. The van der Waals surface area contributed by atoms with Crippen LogP contribution in [0.3, 0.4) is 0 Å². The molecule has 110 valence electrons. The van der Waals surface area contributed by atoms with Crippen molar-refractivity contribution in [3.63, 3.8) is 0 Å². The minimum absolute atomic E-state index is 0.0186. The van der Waals surface area contributed by atoms with E-state index in [0.717, 1.165) is 37.0 Å². The first-order valence-electron chi connectivity index (χ1n) is 8.18. The van der Waals surface area contributed by atoms with Gasteiger partial charge in [-0.15, -0.1) is 0 Å². The molecule has 2 heteroatoms. The Morgan fingerprint density at radius 3 is 2.00 bits per heavy atom. The number of aliphatic hydroxyl groups is 1. The molecular weight excluding hydrogens is 239 g/mol. The van der Waals surface area contributed by atoms with E-state index in [0.29, 0.717) is 0 Å². The van der Waals surface area contributed by atoms with Crippen molar-refractivity contribution in [2.24, 2.45) is 17.8 Å². The van der Waals surface area contributed by atoms with Crippen LogP contribution in [-0.2, 0) is 0 Å². The molecule has 2 fully saturated rings. The summed E-state index contributed by atoms with van der Waals surface area (Å²) in [6, 6.07) is 0. The van der Waals surface area contributed by atoms with Gasteiger partial charge >= 0.3 is 0 Å². The largest absolute Gasteiger partial charge is 0.393 e. The highest BCUT2D eigenvalue weighted by atomic mass is 19.1. The van der Waals surface area contributed by atoms with Gasteiger partial charge < -0.3 is 5.11 Å². The Morgan fingerprint density at radius 2 is 1.42 bits per heavy atom.